The minimum Gasteiger partial charge on any atom is -0.481 e. The fraction of sp³-hybridized carbons (Fsp3) is 0.500. The van der Waals surface area contributed by atoms with E-state index in [9.17, 15) is 4.79 Å². The number of carbonyl (C=O) groups is 1. The Balaban J connectivity index is 3.82. The number of carboxylic acids is 1. The van der Waals surface area contributed by atoms with Gasteiger partial charge in [0.15, 0.2) is 0 Å². The zero-order valence-electron chi connectivity index (χ0n) is 10.6. The van der Waals surface area contributed by atoms with Crippen LogP contribution in [0.5, 0.6) is 0 Å². The lowest BCUT2D eigenvalue weighted by atomic mass is 10.2. The van der Waals surface area contributed by atoms with Gasteiger partial charge in [-0.15, -0.1) is 0 Å². The summed E-state index contributed by atoms with van der Waals surface area (Å²) in [6, 6.07) is 0. The summed E-state index contributed by atoms with van der Waals surface area (Å²) in [5.41, 5.74) is 0. The molecule has 0 bridgehead atoms. The van der Waals surface area contributed by atoms with Gasteiger partial charge in [-0.3, -0.25) is 4.79 Å². The van der Waals surface area contributed by atoms with Crippen molar-refractivity contribution in [2.24, 2.45) is 0 Å². The number of allylic oxidation sites excluding steroid dienone is 5. The molecule has 0 heterocycles. The molecule has 0 aromatic carbocycles. The molecule has 0 aromatic rings. The number of aliphatic carboxylic acids is 1. The third kappa shape index (κ3) is 10.9. The molecule has 0 saturated carbocycles. The molecule has 3 nitrogen and oxygen atoms in total. The van der Waals surface area contributed by atoms with Gasteiger partial charge in [0.1, 0.15) is 0 Å². The molecule has 0 rings (SSSR count). The third-order valence-electron chi connectivity index (χ3n) is 2.15. The van der Waals surface area contributed by atoms with Crippen molar-refractivity contribution in [1.82, 2.24) is 0 Å². The lowest BCUT2D eigenvalue weighted by Crippen LogP contribution is -2.12. The summed E-state index contributed by atoms with van der Waals surface area (Å²) in [6.45, 7) is 2.15. The maximum Gasteiger partial charge on any atom is 0.306 e. The molecule has 0 amide bonds. The number of hydrogen-bond donors (Lipinski definition) is 1. The van der Waals surface area contributed by atoms with Gasteiger partial charge in [0.25, 0.3) is 0 Å². The van der Waals surface area contributed by atoms with Crippen LogP contribution in [0.3, 0.4) is 0 Å². The van der Waals surface area contributed by atoms with E-state index in [0.717, 1.165) is 12.8 Å². The molecule has 96 valence electrons. The molecule has 0 fully saturated rings. The second-order valence-corrected chi connectivity index (χ2v) is 3.68. The molecular formula is C14H22O3. The number of methoxy groups -OCH3 is 1. The lowest BCUT2D eigenvalue weighted by molar-refractivity contribution is -0.138. The predicted octanol–water partition coefficient (Wildman–Crippen LogP) is 3.33. The summed E-state index contributed by atoms with van der Waals surface area (Å²) >= 11 is 0. The van der Waals surface area contributed by atoms with Gasteiger partial charge in [-0.2, -0.15) is 0 Å². The molecule has 0 radical (unpaired) electrons. The smallest absolute Gasteiger partial charge is 0.306 e. The van der Waals surface area contributed by atoms with Crippen LogP contribution in [0.15, 0.2) is 36.5 Å². The molecular weight excluding hydrogens is 216 g/mol. The molecule has 0 aromatic heterocycles. The lowest BCUT2D eigenvalue weighted by Gasteiger charge is -2.05. The largest absolute Gasteiger partial charge is 0.481 e. The van der Waals surface area contributed by atoms with Crippen molar-refractivity contribution in [2.75, 3.05) is 7.11 Å². The first kappa shape index (κ1) is 15.7. The maximum atomic E-state index is 10.5. The Kier molecular flexibility index (Phi) is 10.3. The average Bonchev–Trinajstić information content (AvgIpc) is 2.30. The molecule has 3 heteroatoms. The molecule has 0 spiro atoms. The molecule has 1 unspecified atom stereocenters. The van der Waals surface area contributed by atoms with Crippen LogP contribution in [0.4, 0.5) is 0 Å². The minimum absolute atomic E-state index is 0.00274. The number of hydrogen-bond acceptors (Lipinski definition) is 2. The Morgan fingerprint density at radius 3 is 2.65 bits per heavy atom. The number of unbranched alkanes of at least 4 members (excludes halogenated alkanes) is 1. The van der Waals surface area contributed by atoms with E-state index in [1.54, 1.807) is 6.08 Å². The first-order valence-corrected chi connectivity index (χ1v) is 5.93. The second kappa shape index (κ2) is 11.1. The molecule has 17 heavy (non-hydrogen) atoms. The SMILES string of the molecule is CCCC=CCC=CC=CC(CC(=O)O)OC. The van der Waals surface area contributed by atoms with E-state index < -0.39 is 5.97 Å². The topological polar surface area (TPSA) is 46.5 Å². The number of carboxylic acid groups (broad SMARTS) is 1. The van der Waals surface area contributed by atoms with Crippen LogP contribution < -0.4 is 0 Å². The Morgan fingerprint density at radius 1 is 1.29 bits per heavy atom. The van der Waals surface area contributed by atoms with E-state index in [0.29, 0.717) is 0 Å². The van der Waals surface area contributed by atoms with Crippen LogP contribution in [0.2, 0.25) is 0 Å². The van der Waals surface area contributed by atoms with Crippen molar-refractivity contribution in [3.8, 4) is 0 Å². The van der Waals surface area contributed by atoms with Crippen LogP contribution in [0, 0.1) is 0 Å². The van der Waals surface area contributed by atoms with Crippen molar-refractivity contribution in [2.45, 2.75) is 38.7 Å². The highest BCUT2D eigenvalue weighted by molar-refractivity contribution is 5.67. The van der Waals surface area contributed by atoms with Gasteiger partial charge in [-0.1, -0.05) is 49.8 Å². The van der Waals surface area contributed by atoms with Crippen LogP contribution in [0.1, 0.15) is 32.6 Å². The van der Waals surface area contributed by atoms with Gasteiger partial charge in [-0.25, -0.2) is 0 Å². The van der Waals surface area contributed by atoms with Crippen LogP contribution in [-0.4, -0.2) is 24.3 Å². The highest BCUT2D eigenvalue weighted by Crippen LogP contribution is 2.00. The molecule has 1 atom stereocenters. The van der Waals surface area contributed by atoms with E-state index in [-0.39, 0.29) is 12.5 Å². The fourth-order valence-electron chi connectivity index (χ4n) is 1.21. The Bertz CT molecular complexity index is 277. The monoisotopic (exact) mass is 238 g/mol. The van der Waals surface area contributed by atoms with Gasteiger partial charge in [-0.05, 0) is 12.8 Å². The molecule has 1 N–H and O–H groups in total. The van der Waals surface area contributed by atoms with Crippen LogP contribution in [-0.2, 0) is 9.53 Å². The standard InChI is InChI=1S/C14H22O3/c1-3-4-5-6-7-8-9-10-11-13(17-2)12-14(15)16/h5-6,8-11,13H,3-4,7,12H2,1-2H3,(H,15,16). The Labute approximate surface area is 103 Å². The van der Waals surface area contributed by atoms with Gasteiger partial charge in [0.2, 0.25) is 0 Å². The van der Waals surface area contributed by atoms with Crippen molar-refractivity contribution in [3.05, 3.63) is 36.5 Å². The first-order valence-electron chi connectivity index (χ1n) is 5.93. The summed E-state index contributed by atoms with van der Waals surface area (Å²) < 4.78 is 5.01. The van der Waals surface area contributed by atoms with Crippen molar-refractivity contribution in [1.29, 1.82) is 0 Å². The van der Waals surface area contributed by atoms with Crippen LogP contribution in [0.25, 0.3) is 0 Å². The van der Waals surface area contributed by atoms with Crippen molar-refractivity contribution >= 4 is 5.97 Å². The summed E-state index contributed by atoms with van der Waals surface area (Å²) in [7, 11) is 1.51. The van der Waals surface area contributed by atoms with Gasteiger partial charge >= 0.3 is 5.97 Å². The van der Waals surface area contributed by atoms with E-state index in [1.807, 2.05) is 18.2 Å². The number of ether oxygens (including phenoxy) is 1. The summed E-state index contributed by atoms with van der Waals surface area (Å²) in [5, 5.41) is 8.60. The highest BCUT2D eigenvalue weighted by atomic mass is 16.5. The normalized spacial score (nSPS) is 14.0. The zero-order chi connectivity index (χ0) is 12.9. The van der Waals surface area contributed by atoms with Gasteiger partial charge < -0.3 is 9.84 Å². The second-order valence-electron chi connectivity index (χ2n) is 3.68. The maximum absolute atomic E-state index is 10.5. The fourth-order valence-corrected chi connectivity index (χ4v) is 1.21. The van der Waals surface area contributed by atoms with E-state index >= 15 is 0 Å². The summed E-state index contributed by atoms with van der Waals surface area (Å²) in [5.74, 6) is -0.854. The molecule has 0 aliphatic rings. The summed E-state index contributed by atoms with van der Waals surface area (Å²) in [6.07, 6.45) is 14.6. The Hall–Kier alpha value is -1.35. The summed E-state index contributed by atoms with van der Waals surface area (Å²) in [4.78, 5) is 10.5. The number of rotatable bonds is 9. The quantitative estimate of drug-likeness (QED) is 0.495. The van der Waals surface area contributed by atoms with Crippen molar-refractivity contribution < 1.29 is 14.6 Å². The first-order chi connectivity index (χ1) is 8.20. The molecule has 0 saturated heterocycles. The predicted molar refractivity (Wildman–Crippen MR) is 70.0 cm³/mol. The van der Waals surface area contributed by atoms with Crippen LogP contribution >= 0.6 is 0 Å². The van der Waals surface area contributed by atoms with E-state index in [1.165, 1.54) is 13.5 Å². The van der Waals surface area contributed by atoms with Gasteiger partial charge in [0, 0.05) is 7.11 Å². The minimum atomic E-state index is -0.854. The molecule has 0 aliphatic carbocycles. The van der Waals surface area contributed by atoms with E-state index in [4.69, 9.17) is 9.84 Å². The molecule has 0 aliphatic heterocycles. The average molecular weight is 238 g/mol. The van der Waals surface area contributed by atoms with Crippen molar-refractivity contribution in [3.63, 3.8) is 0 Å². The van der Waals surface area contributed by atoms with E-state index in [2.05, 4.69) is 19.1 Å². The highest BCUT2D eigenvalue weighted by Gasteiger charge is 2.06. The van der Waals surface area contributed by atoms with Gasteiger partial charge in [0.05, 0.1) is 12.5 Å². The Morgan fingerprint density at radius 2 is 2.06 bits per heavy atom. The third-order valence-corrected chi connectivity index (χ3v) is 2.15. The zero-order valence-corrected chi connectivity index (χ0v) is 10.6.